The number of nitrogens with zero attached hydrogens (tertiary/aromatic N) is 1. The van der Waals surface area contributed by atoms with E-state index < -0.39 is 10.0 Å². The minimum Gasteiger partial charge on any atom is -0.380 e. The summed E-state index contributed by atoms with van der Waals surface area (Å²) >= 11 is 0. The van der Waals surface area contributed by atoms with E-state index in [2.05, 4.69) is 5.32 Å². The molecule has 19 heavy (non-hydrogen) atoms. The quantitative estimate of drug-likeness (QED) is 0.832. The van der Waals surface area contributed by atoms with Crippen molar-refractivity contribution in [1.82, 2.24) is 9.62 Å². The van der Waals surface area contributed by atoms with Gasteiger partial charge in [0.2, 0.25) is 10.0 Å². The first kappa shape index (κ1) is 15.5. The molecule has 5 nitrogen and oxygen atoms in total. The average molecular weight is 311 g/mol. The predicted molar refractivity (Wildman–Crippen MR) is 76.1 cm³/mol. The zero-order valence-corrected chi connectivity index (χ0v) is 12.7. The van der Waals surface area contributed by atoms with Gasteiger partial charge in [0.15, 0.2) is 0 Å². The van der Waals surface area contributed by atoms with Crippen LogP contribution >= 0.6 is 12.4 Å². The topological polar surface area (TPSA) is 58.6 Å². The first-order valence-corrected chi connectivity index (χ1v) is 8.51. The van der Waals surface area contributed by atoms with Crippen LogP contribution in [0, 0.1) is 0 Å². The van der Waals surface area contributed by atoms with E-state index in [1.807, 2.05) is 4.31 Å². The molecule has 3 fully saturated rings. The number of halogens is 1. The summed E-state index contributed by atoms with van der Waals surface area (Å²) in [5, 5.41) is 2.96. The first-order chi connectivity index (χ1) is 8.69. The van der Waals surface area contributed by atoms with Crippen LogP contribution in [0.4, 0.5) is 0 Å². The smallest absolute Gasteiger partial charge is 0.219 e. The van der Waals surface area contributed by atoms with Gasteiger partial charge in [-0.05, 0) is 38.6 Å². The number of ether oxygens (including phenoxy) is 1. The molecule has 1 N–H and O–H groups in total. The number of rotatable bonds is 4. The van der Waals surface area contributed by atoms with Crippen LogP contribution in [0.3, 0.4) is 0 Å². The summed E-state index contributed by atoms with van der Waals surface area (Å²) in [6.45, 7) is 2.83. The van der Waals surface area contributed by atoms with Crippen molar-refractivity contribution < 1.29 is 13.2 Å². The highest BCUT2D eigenvalue weighted by molar-refractivity contribution is 7.89. The van der Waals surface area contributed by atoms with Gasteiger partial charge in [0.25, 0.3) is 0 Å². The van der Waals surface area contributed by atoms with Crippen molar-refractivity contribution in [3.63, 3.8) is 0 Å². The van der Waals surface area contributed by atoms with Crippen LogP contribution in [0.2, 0.25) is 0 Å². The molecule has 3 rings (SSSR count). The van der Waals surface area contributed by atoms with E-state index in [0.717, 1.165) is 45.2 Å². The van der Waals surface area contributed by atoms with Gasteiger partial charge in [-0.15, -0.1) is 12.4 Å². The fourth-order valence-corrected chi connectivity index (χ4v) is 5.32. The van der Waals surface area contributed by atoms with Gasteiger partial charge in [0, 0.05) is 25.2 Å². The second-order valence-electron chi connectivity index (χ2n) is 5.59. The molecule has 2 unspecified atom stereocenters. The Kier molecular flexibility index (Phi) is 5.11. The number of hydrogen-bond donors (Lipinski definition) is 1. The lowest BCUT2D eigenvalue weighted by Crippen LogP contribution is -2.49. The molecule has 7 heteroatoms. The Bertz CT molecular complexity index is 388. The molecular formula is C12H23ClN2O3S. The third-order valence-corrected chi connectivity index (χ3v) is 6.53. The molecule has 2 aliphatic heterocycles. The molecule has 0 aromatic carbocycles. The SMILES string of the molecule is Cl.O=S(=O)(C1CCCOC1)N(C1CC1)C1CCNC1. The van der Waals surface area contributed by atoms with Gasteiger partial charge in [0.1, 0.15) is 0 Å². The molecule has 0 aromatic rings. The maximum atomic E-state index is 12.8. The summed E-state index contributed by atoms with van der Waals surface area (Å²) < 4.78 is 32.7. The van der Waals surface area contributed by atoms with Gasteiger partial charge in [-0.1, -0.05) is 0 Å². The van der Waals surface area contributed by atoms with E-state index in [4.69, 9.17) is 4.74 Å². The molecule has 3 aliphatic rings. The van der Waals surface area contributed by atoms with Gasteiger partial charge < -0.3 is 10.1 Å². The van der Waals surface area contributed by atoms with Gasteiger partial charge >= 0.3 is 0 Å². The van der Waals surface area contributed by atoms with E-state index in [9.17, 15) is 8.42 Å². The van der Waals surface area contributed by atoms with Crippen LogP contribution in [-0.4, -0.2) is 56.4 Å². The maximum absolute atomic E-state index is 12.8. The molecule has 2 saturated heterocycles. The van der Waals surface area contributed by atoms with Crippen LogP contribution in [0.5, 0.6) is 0 Å². The highest BCUT2D eigenvalue weighted by atomic mass is 35.5. The lowest BCUT2D eigenvalue weighted by atomic mass is 10.2. The number of hydrogen-bond acceptors (Lipinski definition) is 4. The van der Waals surface area contributed by atoms with Crippen molar-refractivity contribution >= 4 is 22.4 Å². The highest BCUT2D eigenvalue weighted by Gasteiger charge is 2.45. The minimum atomic E-state index is -3.18. The average Bonchev–Trinajstić information content (AvgIpc) is 3.05. The molecule has 1 saturated carbocycles. The molecular weight excluding hydrogens is 288 g/mol. The fourth-order valence-electron chi connectivity index (χ4n) is 3.02. The zero-order valence-electron chi connectivity index (χ0n) is 11.1. The molecule has 0 amide bonds. The van der Waals surface area contributed by atoms with Crippen molar-refractivity contribution in [3.8, 4) is 0 Å². The zero-order chi connectivity index (χ0) is 12.6. The highest BCUT2D eigenvalue weighted by Crippen LogP contribution is 2.35. The van der Waals surface area contributed by atoms with Crippen LogP contribution in [0.15, 0.2) is 0 Å². The molecule has 2 atom stereocenters. The standard InChI is InChI=1S/C12H22N2O3S.ClH/c15-18(16,12-2-1-7-17-9-12)14(10-3-4-10)11-5-6-13-8-11;/h10-13H,1-9H2;1H. The summed E-state index contributed by atoms with van der Waals surface area (Å²) in [7, 11) is -3.18. The van der Waals surface area contributed by atoms with Crippen LogP contribution in [-0.2, 0) is 14.8 Å². The molecule has 1 aliphatic carbocycles. The second-order valence-corrected chi connectivity index (χ2v) is 7.71. The van der Waals surface area contributed by atoms with E-state index in [1.165, 1.54) is 0 Å². The lowest BCUT2D eigenvalue weighted by Gasteiger charge is -2.33. The van der Waals surface area contributed by atoms with E-state index in [0.29, 0.717) is 13.2 Å². The Labute approximate surface area is 121 Å². The Balaban J connectivity index is 0.00000133. The van der Waals surface area contributed by atoms with E-state index in [-0.39, 0.29) is 29.7 Å². The summed E-state index contributed by atoms with van der Waals surface area (Å²) in [5.41, 5.74) is 0. The predicted octanol–water partition coefficient (Wildman–Crippen LogP) is 0.743. The summed E-state index contributed by atoms with van der Waals surface area (Å²) in [5.74, 6) is 0. The Hall–Kier alpha value is 0.120. The lowest BCUT2D eigenvalue weighted by molar-refractivity contribution is 0.0968. The second kappa shape index (κ2) is 6.26. The van der Waals surface area contributed by atoms with Gasteiger partial charge in [-0.2, -0.15) is 4.31 Å². The number of sulfonamides is 1. The van der Waals surface area contributed by atoms with E-state index >= 15 is 0 Å². The fraction of sp³-hybridized carbons (Fsp3) is 1.00. The third-order valence-electron chi connectivity index (χ3n) is 4.13. The van der Waals surface area contributed by atoms with Gasteiger partial charge in [-0.25, -0.2) is 8.42 Å². The monoisotopic (exact) mass is 310 g/mol. The Morgan fingerprint density at radius 1 is 1.11 bits per heavy atom. The Morgan fingerprint density at radius 3 is 2.42 bits per heavy atom. The van der Waals surface area contributed by atoms with E-state index in [1.54, 1.807) is 0 Å². The summed E-state index contributed by atoms with van der Waals surface area (Å²) in [6.07, 6.45) is 4.63. The van der Waals surface area contributed by atoms with Crippen LogP contribution in [0.25, 0.3) is 0 Å². The molecule has 2 heterocycles. The third kappa shape index (κ3) is 3.24. The Morgan fingerprint density at radius 2 is 1.89 bits per heavy atom. The van der Waals surface area contributed by atoms with Crippen molar-refractivity contribution in [2.45, 2.75) is 49.4 Å². The van der Waals surface area contributed by atoms with Gasteiger partial charge in [0.05, 0.1) is 11.9 Å². The molecule has 0 bridgehead atoms. The van der Waals surface area contributed by atoms with Crippen molar-refractivity contribution in [3.05, 3.63) is 0 Å². The maximum Gasteiger partial charge on any atom is 0.219 e. The van der Waals surface area contributed by atoms with Gasteiger partial charge in [-0.3, -0.25) is 0 Å². The van der Waals surface area contributed by atoms with Crippen LogP contribution in [0.1, 0.15) is 32.1 Å². The summed E-state index contributed by atoms with van der Waals surface area (Å²) in [4.78, 5) is 0. The molecule has 0 radical (unpaired) electrons. The molecule has 0 aromatic heterocycles. The van der Waals surface area contributed by atoms with Crippen LogP contribution < -0.4 is 5.32 Å². The van der Waals surface area contributed by atoms with Crippen molar-refractivity contribution in [2.75, 3.05) is 26.3 Å². The normalized spacial score (nSPS) is 32.3. The summed E-state index contributed by atoms with van der Waals surface area (Å²) in [6, 6.07) is 0.436. The molecule has 112 valence electrons. The van der Waals surface area contributed by atoms with Crippen molar-refractivity contribution in [1.29, 1.82) is 0 Å². The number of nitrogens with one attached hydrogen (secondary N) is 1. The minimum absolute atomic E-state index is 0. The first-order valence-electron chi connectivity index (χ1n) is 7.00. The largest absolute Gasteiger partial charge is 0.380 e. The van der Waals surface area contributed by atoms with Crippen molar-refractivity contribution in [2.24, 2.45) is 0 Å². The molecule has 0 spiro atoms.